The highest BCUT2D eigenvalue weighted by Crippen LogP contribution is 2.21. The minimum atomic E-state index is -0.210. The van der Waals surface area contributed by atoms with Crippen molar-refractivity contribution in [3.05, 3.63) is 65.4 Å². The van der Waals surface area contributed by atoms with Crippen molar-refractivity contribution < 1.29 is 4.79 Å². The van der Waals surface area contributed by atoms with Crippen LogP contribution in [0.15, 0.2) is 42.6 Å². The number of nitrogens with one attached hydrogen (secondary N) is 1. The molecule has 0 saturated carbocycles. The quantitative estimate of drug-likeness (QED) is 0.589. The van der Waals surface area contributed by atoms with E-state index in [-0.39, 0.29) is 5.91 Å². The summed E-state index contributed by atoms with van der Waals surface area (Å²) in [5.74, 6) is 1.44. The number of aryl methyl sites for hydroxylation is 4. The molecule has 0 radical (unpaired) electrons. The number of pyridine rings is 1. The normalized spacial score (nSPS) is 11.1. The van der Waals surface area contributed by atoms with Crippen LogP contribution in [0, 0.1) is 20.8 Å². The number of hydrogen-bond donors (Lipinski definition) is 1. The SMILES string of the molecule is CCn1c(C)nc2cc(NC(=O)c3ccc(-n4nc(C)cc4C)nc3)ccc21. The highest BCUT2D eigenvalue weighted by Gasteiger charge is 2.11. The molecule has 4 aromatic rings. The maximum Gasteiger partial charge on any atom is 0.257 e. The molecule has 0 saturated heterocycles. The third-order valence-corrected chi connectivity index (χ3v) is 4.75. The Morgan fingerprint density at radius 2 is 1.93 bits per heavy atom. The van der Waals surface area contributed by atoms with Crippen LogP contribution in [0.3, 0.4) is 0 Å². The van der Waals surface area contributed by atoms with E-state index in [0.29, 0.717) is 17.1 Å². The van der Waals surface area contributed by atoms with Crippen LogP contribution in [0.25, 0.3) is 16.9 Å². The molecule has 0 bridgehead atoms. The molecule has 0 unspecified atom stereocenters. The second-order valence-corrected chi connectivity index (χ2v) is 6.80. The summed E-state index contributed by atoms with van der Waals surface area (Å²) in [5, 5.41) is 7.33. The third kappa shape index (κ3) is 3.15. The van der Waals surface area contributed by atoms with Gasteiger partial charge in [-0.3, -0.25) is 4.79 Å². The highest BCUT2D eigenvalue weighted by atomic mass is 16.1. The van der Waals surface area contributed by atoms with E-state index in [1.54, 1.807) is 23.0 Å². The van der Waals surface area contributed by atoms with Gasteiger partial charge in [0.2, 0.25) is 0 Å². The van der Waals surface area contributed by atoms with Gasteiger partial charge in [-0.1, -0.05) is 0 Å². The molecule has 0 aliphatic heterocycles. The van der Waals surface area contributed by atoms with Crippen molar-refractivity contribution >= 4 is 22.6 Å². The Morgan fingerprint density at radius 3 is 2.57 bits per heavy atom. The van der Waals surface area contributed by atoms with Gasteiger partial charge in [0.25, 0.3) is 5.91 Å². The second kappa shape index (κ2) is 6.92. The first-order valence-corrected chi connectivity index (χ1v) is 9.24. The summed E-state index contributed by atoms with van der Waals surface area (Å²) < 4.78 is 3.90. The highest BCUT2D eigenvalue weighted by molar-refractivity contribution is 6.04. The number of rotatable bonds is 4. The van der Waals surface area contributed by atoms with Gasteiger partial charge in [0.05, 0.1) is 22.3 Å². The Balaban J connectivity index is 1.55. The Labute approximate surface area is 163 Å². The topological polar surface area (TPSA) is 77.6 Å². The van der Waals surface area contributed by atoms with E-state index >= 15 is 0 Å². The van der Waals surface area contributed by atoms with Gasteiger partial charge >= 0.3 is 0 Å². The molecule has 3 heterocycles. The van der Waals surface area contributed by atoms with Crippen LogP contribution in [-0.2, 0) is 6.54 Å². The van der Waals surface area contributed by atoms with Crippen LogP contribution in [-0.4, -0.2) is 30.2 Å². The predicted molar refractivity (Wildman–Crippen MR) is 109 cm³/mol. The molecular formula is C21H22N6O. The average molecular weight is 374 g/mol. The average Bonchev–Trinajstić information content (AvgIpc) is 3.18. The molecule has 0 atom stereocenters. The molecule has 3 aromatic heterocycles. The summed E-state index contributed by atoms with van der Waals surface area (Å²) >= 11 is 0. The minimum Gasteiger partial charge on any atom is -0.329 e. The van der Waals surface area contributed by atoms with Crippen LogP contribution >= 0.6 is 0 Å². The fourth-order valence-corrected chi connectivity index (χ4v) is 3.44. The van der Waals surface area contributed by atoms with E-state index in [0.717, 1.165) is 34.8 Å². The van der Waals surface area contributed by atoms with Gasteiger partial charge in [-0.2, -0.15) is 5.10 Å². The molecule has 142 valence electrons. The predicted octanol–water partition coefficient (Wildman–Crippen LogP) is 3.81. The lowest BCUT2D eigenvalue weighted by Gasteiger charge is -2.07. The molecule has 7 nitrogen and oxygen atoms in total. The number of imidazole rings is 1. The zero-order valence-corrected chi connectivity index (χ0v) is 16.4. The van der Waals surface area contributed by atoms with Crippen molar-refractivity contribution in [1.82, 2.24) is 24.3 Å². The van der Waals surface area contributed by atoms with Crippen molar-refractivity contribution in [1.29, 1.82) is 0 Å². The number of aromatic nitrogens is 5. The van der Waals surface area contributed by atoms with Crippen LogP contribution in [0.1, 0.15) is 34.5 Å². The molecule has 4 rings (SSSR count). The number of carbonyl (C=O) groups is 1. The summed E-state index contributed by atoms with van der Waals surface area (Å²) in [4.78, 5) is 21.6. The zero-order valence-electron chi connectivity index (χ0n) is 16.4. The first kappa shape index (κ1) is 17.9. The van der Waals surface area contributed by atoms with Crippen molar-refractivity contribution in [3.8, 4) is 5.82 Å². The van der Waals surface area contributed by atoms with Gasteiger partial charge < -0.3 is 9.88 Å². The molecule has 7 heteroatoms. The minimum absolute atomic E-state index is 0.210. The monoisotopic (exact) mass is 374 g/mol. The Bertz CT molecular complexity index is 1170. The van der Waals surface area contributed by atoms with E-state index in [1.807, 2.05) is 45.0 Å². The fraction of sp³-hybridized carbons (Fsp3) is 0.238. The van der Waals surface area contributed by atoms with Gasteiger partial charge in [-0.25, -0.2) is 14.6 Å². The standard InChI is InChI=1S/C21H22N6O/c1-5-26-15(4)23-18-11-17(7-8-19(18)26)24-21(28)16-6-9-20(22-12-16)27-14(3)10-13(2)25-27/h6-12H,5H2,1-4H3,(H,24,28). The molecule has 0 aliphatic carbocycles. The lowest BCUT2D eigenvalue weighted by atomic mass is 10.2. The zero-order chi connectivity index (χ0) is 19.8. The first-order chi connectivity index (χ1) is 13.5. The smallest absolute Gasteiger partial charge is 0.257 e. The third-order valence-electron chi connectivity index (χ3n) is 4.75. The summed E-state index contributed by atoms with van der Waals surface area (Å²) in [7, 11) is 0. The van der Waals surface area contributed by atoms with Crippen molar-refractivity contribution in [2.24, 2.45) is 0 Å². The van der Waals surface area contributed by atoms with E-state index in [4.69, 9.17) is 0 Å². The molecule has 0 fully saturated rings. The van der Waals surface area contributed by atoms with Gasteiger partial charge in [-0.05, 0) is 64.1 Å². The van der Waals surface area contributed by atoms with E-state index < -0.39 is 0 Å². The fourth-order valence-electron chi connectivity index (χ4n) is 3.44. The number of anilines is 1. The van der Waals surface area contributed by atoms with E-state index in [2.05, 4.69) is 31.9 Å². The Morgan fingerprint density at radius 1 is 1.11 bits per heavy atom. The Kier molecular flexibility index (Phi) is 4.43. The number of fused-ring (bicyclic) bond motifs is 1. The molecule has 1 amide bonds. The van der Waals surface area contributed by atoms with Crippen LogP contribution in [0.5, 0.6) is 0 Å². The number of hydrogen-bond acceptors (Lipinski definition) is 4. The van der Waals surface area contributed by atoms with Crippen LogP contribution in [0.2, 0.25) is 0 Å². The molecule has 28 heavy (non-hydrogen) atoms. The van der Waals surface area contributed by atoms with Gasteiger partial charge in [0.15, 0.2) is 5.82 Å². The summed E-state index contributed by atoms with van der Waals surface area (Å²) in [6.45, 7) is 8.85. The number of benzene rings is 1. The summed E-state index contributed by atoms with van der Waals surface area (Å²) in [5.41, 5.74) is 5.06. The molecule has 1 N–H and O–H groups in total. The molecule has 0 spiro atoms. The van der Waals surface area contributed by atoms with E-state index in [9.17, 15) is 4.79 Å². The first-order valence-electron chi connectivity index (χ1n) is 9.24. The number of amides is 1. The Hall–Kier alpha value is -3.48. The van der Waals surface area contributed by atoms with Gasteiger partial charge in [0, 0.05) is 24.1 Å². The molecule has 1 aromatic carbocycles. The van der Waals surface area contributed by atoms with Crippen molar-refractivity contribution in [2.75, 3.05) is 5.32 Å². The van der Waals surface area contributed by atoms with Crippen LogP contribution < -0.4 is 5.32 Å². The summed E-state index contributed by atoms with van der Waals surface area (Å²) in [6, 6.07) is 11.3. The summed E-state index contributed by atoms with van der Waals surface area (Å²) in [6.07, 6.45) is 1.57. The molecule has 0 aliphatic rings. The maximum atomic E-state index is 12.6. The molecular weight excluding hydrogens is 352 g/mol. The lowest BCUT2D eigenvalue weighted by molar-refractivity contribution is 0.102. The van der Waals surface area contributed by atoms with Crippen molar-refractivity contribution in [3.63, 3.8) is 0 Å². The van der Waals surface area contributed by atoms with E-state index in [1.165, 1.54) is 0 Å². The largest absolute Gasteiger partial charge is 0.329 e. The van der Waals surface area contributed by atoms with Crippen LogP contribution in [0.4, 0.5) is 5.69 Å². The second-order valence-electron chi connectivity index (χ2n) is 6.80. The van der Waals surface area contributed by atoms with Gasteiger partial charge in [-0.15, -0.1) is 0 Å². The number of carbonyl (C=O) groups excluding carboxylic acids is 1. The number of nitrogens with zero attached hydrogens (tertiary/aromatic N) is 5. The lowest BCUT2D eigenvalue weighted by Crippen LogP contribution is -2.13. The van der Waals surface area contributed by atoms with Crippen molar-refractivity contribution in [2.45, 2.75) is 34.2 Å². The van der Waals surface area contributed by atoms with Gasteiger partial charge in [0.1, 0.15) is 5.82 Å². The maximum absolute atomic E-state index is 12.6.